The number of sulfonamides is 1. The Morgan fingerprint density at radius 2 is 2.16 bits per heavy atom. The van der Waals surface area contributed by atoms with Gasteiger partial charge in [-0.1, -0.05) is 6.07 Å². The number of benzene rings is 1. The standard InChI is InChI=1S/C11H10N2O4S2/c1-7-2-3-8(10(14)15)6-9(7)19(16,17)13-11-12-4-5-18-11/h2-6H,1H3,(H,12,13)(H,14,15). The topological polar surface area (TPSA) is 96.4 Å². The molecule has 19 heavy (non-hydrogen) atoms. The van der Waals surface area contributed by atoms with Gasteiger partial charge in [-0.3, -0.25) is 4.72 Å². The van der Waals surface area contributed by atoms with E-state index in [1.165, 1.54) is 18.3 Å². The lowest BCUT2D eigenvalue weighted by molar-refractivity contribution is 0.0696. The van der Waals surface area contributed by atoms with Gasteiger partial charge in [0.2, 0.25) is 0 Å². The van der Waals surface area contributed by atoms with Crippen LogP contribution in [0, 0.1) is 6.92 Å². The maximum atomic E-state index is 12.2. The summed E-state index contributed by atoms with van der Waals surface area (Å²) in [5, 5.41) is 10.8. The summed E-state index contributed by atoms with van der Waals surface area (Å²) >= 11 is 1.14. The lowest BCUT2D eigenvalue weighted by Crippen LogP contribution is -2.15. The number of nitrogens with one attached hydrogen (secondary N) is 1. The second kappa shape index (κ2) is 4.98. The largest absolute Gasteiger partial charge is 0.478 e. The van der Waals surface area contributed by atoms with Crippen LogP contribution in [-0.4, -0.2) is 24.5 Å². The monoisotopic (exact) mass is 298 g/mol. The number of hydrogen-bond donors (Lipinski definition) is 2. The number of rotatable bonds is 4. The van der Waals surface area contributed by atoms with E-state index in [0.717, 1.165) is 17.4 Å². The predicted octanol–water partition coefficient (Wildman–Crippen LogP) is 1.95. The van der Waals surface area contributed by atoms with Crippen molar-refractivity contribution in [3.05, 3.63) is 40.9 Å². The molecule has 1 heterocycles. The van der Waals surface area contributed by atoms with Gasteiger partial charge in [0.15, 0.2) is 5.13 Å². The van der Waals surface area contributed by atoms with Crippen LogP contribution in [0.2, 0.25) is 0 Å². The van der Waals surface area contributed by atoms with Crippen molar-refractivity contribution in [2.45, 2.75) is 11.8 Å². The number of nitrogens with zero attached hydrogens (tertiary/aromatic N) is 1. The molecule has 0 bridgehead atoms. The van der Waals surface area contributed by atoms with Crippen molar-refractivity contribution < 1.29 is 18.3 Å². The first-order chi connectivity index (χ1) is 8.90. The van der Waals surface area contributed by atoms with Crippen molar-refractivity contribution >= 4 is 32.5 Å². The minimum Gasteiger partial charge on any atom is -0.478 e. The fourth-order valence-corrected chi connectivity index (χ4v) is 3.53. The van der Waals surface area contributed by atoms with Crippen molar-refractivity contribution in [2.75, 3.05) is 4.72 Å². The highest BCUT2D eigenvalue weighted by Crippen LogP contribution is 2.21. The highest BCUT2D eigenvalue weighted by Gasteiger charge is 2.19. The molecule has 2 aromatic rings. The minimum atomic E-state index is -3.84. The van der Waals surface area contributed by atoms with Crippen LogP contribution in [0.3, 0.4) is 0 Å². The fourth-order valence-electron chi connectivity index (χ4n) is 1.47. The number of hydrogen-bond acceptors (Lipinski definition) is 5. The Morgan fingerprint density at radius 1 is 1.42 bits per heavy atom. The van der Waals surface area contributed by atoms with E-state index in [1.807, 2.05) is 0 Å². The molecule has 0 saturated heterocycles. The van der Waals surface area contributed by atoms with Crippen LogP contribution in [0.1, 0.15) is 15.9 Å². The zero-order valence-corrected chi connectivity index (χ0v) is 11.5. The average Bonchev–Trinajstić information content (AvgIpc) is 2.81. The van der Waals surface area contributed by atoms with Crippen LogP contribution in [0.25, 0.3) is 0 Å². The average molecular weight is 298 g/mol. The molecule has 0 aliphatic rings. The van der Waals surface area contributed by atoms with Crippen molar-refractivity contribution in [2.24, 2.45) is 0 Å². The predicted molar refractivity (Wildman–Crippen MR) is 71.1 cm³/mol. The van der Waals surface area contributed by atoms with Crippen LogP contribution < -0.4 is 4.72 Å². The number of anilines is 1. The molecule has 100 valence electrons. The Bertz CT molecular complexity index is 708. The first kappa shape index (κ1) is 13.5. The Kier molecular flexibility index (Phi) is 3.54. The summed E-state index contributed by atoms with van der Waals surface area (Å²) in [5.41, 5.74) is 0.388. The van der Waals surface area contributed by atoms with Gasteiger partial charge in [0.25, 0.3) is 10.0 Å². The molecule has 2 rings (SSSR count). The zero-order chi connectivity index (χ0) is 14.0. The number of aryl methyl sites for hydroxylation is 1. The highest BCUT2D eigenvalue weighted by atomic mass is 32.2. The summed E-state index contributed by atoms with van der Waals surface area (Å²) in [5.74, 6) is -1.18. The van der Waals surface area contributed by atoms with E-state index in [-0.39, 0.29) is 15.6 Å². The van der Waals surface area contributed by atoms with Gasteiger partial charge in [-0.25, -0.2) is 18.2 Å². The molecule has 0 aliphatic carbocycles. The van der Waals surface area contributed by atoms with E-state index < -0.39 is 16.0 Å². The molecular formula is C11H10N2O4S2. The summed E-state index contributed by atoms with van der Waals surface area (Å²) in [6, 6.07) is 3.95. The molecule has 0 saturated carbocycles. The molecule has 1 aromatic heterocycles. The smallest absolute Gasteiger partial charge is 0.335 e. The Labute approximate surface area is 113 Å². The number of aromatic nitrogens is 1. The van der Waals surface area contributed by atoms with Gasteiger partial charge in [-0.2, -0.15) is 0 Å². The van der Waals surface area contributed by atoms with Gasteiger partial charge in [-0.15, -0.1) is 11.3 Å². The Morgan fingerprint density at radius 3 is 2.74 bits per heavy atom. The summed E-state index contributed by atoms with van der Waals surface area (Å²) < 4.78 is 26.6. The van der Waals surface area contributed by atoms with Crippen molar-refractivity contribution in [1.29, 1.82) is 0 Å². The molecule has 0 spiro atoms. The SMILES string of the molecule is Cc1ccc(C(=O)O)cc1S(=O)(=O)Nc1nccs1. The van der Waals surface area contributed by atoms with E-state index >= 15 is 0 Å². The lowest BCUT2D eigenvalue weighted by atomic mass is 10.1. The molecule has 2 N–H and O–H groups in total. The van der Waals surface area contributed by atoms with E-state index in [1.54, 1.807) is 12.3 Å². The van der Waals surface area contributed by atoms with Gasteiger partial charge >= 0.3 is 5.97 Å². The third-order valence-electron chi connectivity index (χ3n) is 2.38. The molecule has 0 aliphatic heterocycles. The zero-order valence-electron chi connectivity index (χ0n) is 9.82. The number of carbonyl (C=O) groups is 1. The molecule has 0 amide bonds. The molecule has 0 radical (unpaired) electrons. The third kappa shape index (κ3) is 2.91. The highest BCUT2D eigenvalue weighted by molar-refractivity contribution is 7.93. The molecule has 1 aromatic carbocycles. The van der Waals surface area contributed by atoms with Crippen LogP contribution in [0.15, 0.2) is 34.7 Å². The number of aromatic carboxylic acids is 1. The molecule has 0 unspecified atom stereocenters. The lowest BCUT2D eigenvalue weighted by Gasteiger charge is -2.09. The maximum Gasteiger partial charge on any atom is 0.335 e. The maximum absolute atomic E-state index is 12.2. The summed E-state index contributed by atoms with van der Waals surface area (Å²) in [7, 11) is -3.84. The molecule has 0 fully saturated rings. The van der Waals surface area contributed by atoms with Crippen LogP contribution in [-0.2, 0) is 10.0 Å². The molecule has 0 atom stereocenters. The third-order valence-corrected chi connectivity index (χ3v) is 4.68. The summed E-state index contributed by atoms with van der Waals surface area (Å²) in [6.45, 7) is 1.60. The summed E-state index contributed by atoms with van der Waals surface area (Å²) in [6.07, 6.45) is 1.48. The Balaban J connectivity index is 2.45. The minimum absolute atomic E-state index is 0.0670. The fraction of sp³-hybridized carbons (Fsp3) is 0.0909. The van der Waals surface area contributed by atoms with Crippen molar-refractivity contribution in [3.63, 3.8) is 0 Å². The van der Waals surface area contributed by atoms with Gasteiger partial charge in [0, 0.05) is 11.6 Å². The van der Waals surface area contributed by atoms with Gasteiger partial charge < -0.3 is 5.11 Å². The van der Waals surface area contributed by atoms with Crippen molar-refractivity contribution in [3.8, 4) is 0 Å². The Hall–Kier alpha value is -1.93. The van der Waals surface area contributed by atoms with Gasteiger partial charge in [0.1, 0.15) is 0 Å². The number of carboxylic acids is 1. The van der Waals surface area contributed by atoms with Gasteiger partial charge in [-0.05, 0) is 24.6 Å². The quantitative estimate of drug-likeness (QED) is 0.899. The second-order valence-corrected chi connectivity index (χ2v) is 6.27. The molecule has 8 heteroatoms. The van der Waals surface area contributed by atoms with E-state index in [0.29, 0.717) is 5.56 Å². The normalized spacial score (nSPS) is 11.2. The molecule has 6 nitrogen and oxygen atoms in total. The van der Waals surface area contributed by atoms with Crippen LogP contribution in [0.4, 0.5) is 5.13 Å². The van der Waals surface area contributed by atoms with E-state index in [4.69, 9.17) is 5.11 Å². The second-order valence-electron chi connectivity index (χ2n) is 3.73. The van der Waals surface area contributed by atoms with E-state index in [2.05, 4.69) is 9.71 Å². The van der Waals surface area contributed by atoms with Gasteiger partial charge in [0.05, 0.1) is 10.5 Å². The first-order valence-electron chi connectivity index (χ1n) is 5.16. The van der Waals surface area contributed by atoms with Crippen molar-refractivity contribution in [1.82, 2.24) is 4.98 Å². The first-order valence-corrected chi connectivity index (χ1v) is 7.53. The van der Waals surface area contributed by atoms with Crippen LogP contribution in [0.5, 0.6) is 0 Å². The number of carboxylic acid groups (broad SMARTS) is 1. The van der Waals surface area contributed by atoms with E-state index in [9.17, 15) is 13.2 Å². The van der Waals surface area contributed by atoms with Crippen LogP contribution >= 0.6 is 11.3 Å². The number of thiazole rings is 1. The summed E-state index contributed by atoms with van der Waals surface area (Å²) in [4.78, 5) is 14.6. The molecular weight excluding hydrogens is 288 g/mol.